The standard InChI is InChI=1S/C12H17NO4/c1-8(5-14)6-15-10-3-12-11(16-7-17-12)2-9(10)4-13/h2-3,8,14H,4-7,13H2,1H3. The molecule has 1 aliphatic heterocycles. The predicted molar refractivity (Wildman–Crippen MR) is 62.2 cm³/mol. The van der Waals surface area contributed by atoms with Gasteiger partial charge in [-0.25, -0.2) is 0 Å². The van der Waals surface area contributed by atoms with E-state index in [0.29, 0.717) is 30.4 Å². The highest BCUT2D eigenvalue weighted by Crippen LogP contribution is 2.38. The fraction of sp³-hybridized carbons (Fsp3) is 0.500. The van der Waals surface area contributed by atoms with Gasteiger partial charge in [-0.05, 0) is 6.07 Å². The van der Waals surface area contributed by atoms with Crippen LogP contribution in [0.3, 0.4) is 0 Å². The Morgan fingerprint density at radius 1 is 1.41 bits per heavy atom. The Morgan fingerprint density at radius 3 is 2.76 bits per heavy atom. The summed E-state index contributed by atoms with van der Waals surface area (Å²) >= 11 is 0. The number of ether oxygens (including phenoxy) is 3. The number of hydrogen-bond donors (Lipinski definition) is 2. The van der Waals surface area contributed by atoms with E-state index in [4.69, 9.17) is 25.1 Å². The van der Waals surface area contributed by atoms with Gasteiger partial charge >= 0.3 is 0 Å². The Hall–Kier alpha value is -1.46. The van der Waals surface area contributed by atoms with Gasteiger partial charge in [0.25, 0.3) is 0 Å². The van der Waals surface area contributed by atoms with E-state index in [1.165, 1.54) is 0 Å². The molecule has 0 aromatic heterocycles. The summed E-state index contributed by atoms with van der Waals surface area (Å²) in [4.78, 5) is 0. The van der Waals surface area contributed by atoms with Crippen molar-refractivity contribution in [2.75, 3.05) is 20.0 Å². The molecule has 1 atom stereocenters. The molecule has 0 amide bonds. The summed E-state index contributed by atoms with van der Waals surface area (Å²) in [5, 5.41) is 8.94. The maximum atomic E-state index is 8.94. The molecule has 1 aliphatic rings. The molecule has 3 N–H and O–H groups in total. The van der Waals surface area contributed by atoms with Crippen molar-refractivity contribution >= 4 is 0 Å². The van der Waals surface area contributed by atoms with Crippen LogP contribution in [0.4, 0.5) is 0 Å². The fourth-order valence-electron chi connectivity index (χ4n) is 1.54. The first-order chi connectivity index (χ1) is 8.24. The molecule has 0 bridgehead atoms. The van der Waals surface area contributed by atoms with Crippen LogP contribution in [0.25, 0.3) is 0 Å². The van der Waals surface area contributed by atoms with Crippen molar-refractivity contribution < 1.29 is 19.3 Å². The topological polar surface area (TPSA) is 73.9 Å². The third kappa shape index (κ3) is 2.62. The molecule has 1 heterocycles. The van der Waals surface area contributed by atoms with Crippen molar-refractivity contribution in [3.8, 4) is 17.2 Å². The molecule has 0 saturated carbocycles. The SMILES string of the molecule is CC(CO)COc1cc2c(cc1CN)OCO2. The first-order valence-electron chi connectivity index (χ1n) is 5.60. The van der Waals surface area contributed by atoms with Crippen molar-refractivity contribution in [2.24, 2.45) is 11.7 Å². The Kier molecular flexibility index (Phi) is 3.71. The van der Waals surface area contributed by atoms with Gasteiger partial charge in [0.1, 0.15) is 5.75 Å². The van der Waals surface area contributed by atoms with Crippen LogP contribution < -0.4 is 19.9 Å². The molecule has 0 spiro atoms. The van der Waals surface area contributed by atoms with Gasteiger partial charge in [-0.1, -0.05) is 6.92 Å². The number of benzene rings is 1. The largest absolute Gasteiger partial charge is 0.493 e. The summed E-state index contributed by atoms with van der Waals surface area (Å²) in [5.41, 5.74) is 6.53. The Morgan fingerprint density at radius 2 is 2.12 bits per heavy atom. The summed E-state index contributed by atoms with van der Waals surface area (Å²) in [6.07, 6.45) is 0. The fourth-order valence-corrected chi connectivity index (χ4v) is 1.54. The molecule has 0 fully saturated rings. The summed E-state index contributed by atoms with van der Waals surface area (Å²) in [6, 6.07) is 3.62. The lowest BCUT2D eigenvalue weighted by molar-refractivity contribution is 0.171. The minimum Gasteiger partial charge on any atom is -0.493 e. The van der Waals surface area contributed by atoms with Crippen LogP contribution in [-0.2, 0) is 6.54 Å². The second-order valence-electron chi connectivity index (χ2n) is 4.12. The second kappa shape index (κ2) is 5.25. The lowest BCUT2D eigenvalue weighted by Gasteiger charge is -2.14. The van der Waals surface area contributed by atoms with Gasteiger partial charge in [-0.15, -0.1) is 0 Å². The van der Waals surface area contributed by atoms with Crippen LogP contribution in [0, 0.1) is 5.92 Å². The summed E-state index contributed by atoms with van der Waals surface area (Å²) in [6.45, 7) is 3.07. The zero-order chi connectivity index (χ0) is 12.3. The summed E-state index contributed by atoms with van der Waals surface area (Å²) in [5.74, 6) is 2.16. The van der Waals surface area contributed by atoms with E-state index in [-0.39, 0.29) is 19.3 Å². The van der Waals surface area contributed by atoms with Crippen molar-refractivity contribution in [1.29, 1.82) is 0 Å². The summed E-state index contributed by atoms with van der Waals surface area (Å²) in [7, 11) is 0. The van der Waals surface area contributed by atoms with E-state index in [1.54, 1.807) is 6.07 Å². The average Bonchev–Trinajstić information content (AvgIpc) is 2.81. The van der Waals surface area contributed by atoms with E-state index in [1.807, 2.05) is 13.0 Å². The zero-order valence-electron chi connectivity index (χ0n) is 9.81. The number of hydrogen-bond acceptors (Lipinski definition) is 5. The monoisotopic (exact) mass is 239 g/mol. The van der Waals surface area contributed by atoms with Gasteiger partial charge in [0.15, 0.2) is 11.5 Å². The molecule has 17 heavy (non-hydrogen) atoms. The first kappa shape index (κ1) is 12.0. The molecular weight excluding hydrogens is 222 g/mol. The third-order valence-corrected chi connectivity index (χ3v) is 2.61. The highest BCUT2D eigenvalue weighted by Gasteiger charge is 2.17. The smallest absolute Gasteiger partial charge is 0.231 e. The lowest BCUT2D eigenvalue weighted by Crippen LogP contribution is -2.13. The van der Waals surface area contributed by atoms with Crippen molar-refractivity contribution in [3.63, 3.8) is 0 Å². The molecule has 2 rings (SSSR count). The van der Waals surface area contributed by atoms with Crippen LogP contribution in [0.15, 0.2) is 12.1 Å². The van der Waals surface area contributed by atoms with Gasteiger partial charge in [-0.3, -0.25) is 0 Å². The van der Waals surface area contributed by atoms with Crippen LogP contribution in [0.5, 0.6) is 17.2 Å². The quantitative estimate of drug-likeness (QED) is 0.798. The molecule has 1 aromatic rings. The maximum Gasteiger partial charge on any atom is 0.231 e. The number of aliphatic hydroxyl groups excluding tert-OH is 1. The normalized spacial score (nSPS) is 14.8. The molecule has 5 nitrogen and oxygen atoms in total. The van der Waals surface area contributed by atoms with Crippen LogP contribution in [0.1, 0.15) is 12.5 Å². The Balaban J connectivity index is 2.15. The molecule has 0 saturated heterocycles. The van der Waals surface area contributed by atoms with Gasteiger partial charge < -0.3 is 25.1 Å². The van der Waals surface area contributed by atoms with E-state index in [2.05, 4.69) is 0 Å². The Bertz CT molecular complexity index is 394. The third-order valence-electron chi connectivity index (χ3n) is 2.61. The van der Waals surface area contributed by atoms with Crippen molar-refractivity contribution in [3.05, 3.63) is 17.7 Å². The van der Waals surface area contributed by atoms with E-state index >= 15 is 0 Å². The molecule has 0 radical (unpaired) electrons. The van der Waals surface area contributed by atoms with Crippen LogP contribution >= 0.6 is 0 Å². The minimum absolute atomic E-state index is 0.0889. The predicted octanol–water partition coefficient (Wildman–Crippen LogP) is 0.881. The maximum absolute atomic E-state index is 8.94. The lowest BCUT2D eigenvalue weighted by atomic mass is 10.1. The number of aliphatic hydroxyl groups is 1. The second-order valence-corrected chi connectivity index (χ2v) is 4.12. The molecule has 0 aliphatic carbocycles. The van der Waals surface area contributed by atoms with Crippen LogP contribution in [-0.4, -0.2) is 25.1 Å². The first-order valence-corrected chi connectivity index (χ1v) is 5.60. The zero-order valence-corrected chi connectivity index (χ0v) is 9.81. The molecular formula is C12H17NO4. The number of fused-ring (bicyclic) bond motifs is 1. The average molecular weight is 239 g/mol. The van der Waals surface area contributed by atoms with Gasteiger partial charge in [0.05, 0.1) is 6.61 Å². The molecule has 94 valence electrons. The molecule has 1 unspecified atom stereocenters. The summed E-state index contributed by atoms with van der Waals surface area (Å²) < 4.78 is 16.2. The highest BCUT2D eigenvalue weighted by atomic mass is 16.7. The number of rotatable bonds is 5. The van der Waals surface area contributed by atoms with E-state index in [9.17, 15) is 0 Å². The number of nitrogens with two attached hydrogens (primary N) is 1. The van der Waals surface area contributed by atoms with E-state index in [0.717, 1.165) is 5.56 Å². The van der Waals surface area contributed by atoms with Crippen LogP contribution in [0.2, 0.25) is 0 Å². The molecule has 1 aromatic carbocycles. The Labute approximate surface area is 100 Å². The van der Waals surface area contributed by atoms with Gasteiger partial charge in [0.2, 0.25) is 6.79 Å². The van der Waals surface area contributed by atoms with Gasteiger partial charge in [-0.2, -0.15) is 0 Å². The molecule has 5 heteroatoms. The van der Waals surface area contributed by atoms with E-state index < -0.39 is 0 Å². The highest BCUT2D eigenvalue weighted by molar-refractivity contribution is 5.51. The van der Waals surface area contributed by atoms with Gasteiger partial charge in [0, 0.05) is 30.7 Å². The van der Waals surface area contributed by atoms with Crippen molar-refractivity contribution in [1.82, 2.24) is 0 Å². The van der Waals surface area contributed by atoms with Crippen molar-refractivity contribution in [2.45, 2.75) is 13.5 Å². The minimum atomic E-state index is 0.0889.